The third-order valence-electron chi connectivity index (χ3n) is 3.34. The Balaban J connectivity index is 1.98. The summed E-state index contributed by atoms with van der Waals surface area (Å²) >= 11 is 0. The standard InChI is InChI=1S/C14H21N3O2/c1-10(8-15)5-6-17(2)9-11-3-4-13-12(7-11)16-14(18)19-13/h3-4,7,10H,5-6,8-9,15H2,1-2H3,(H,16,18). The van der Waals surface area contributed by atoms with Crippen LogP contribution in [0.3, 0.4) is 0 Å². The van der Waals surface area contributed by atoms with Crippen molar-refractivity contribution in [3.8, 4) is 0 Å². The molecule has 5 nitrogen and oxygen atoms in total. The van der Waals surface area contributed by atoms with Crippen molar-refractivity contribution in [3.63, 3.8) is 0 Å². The molecule has 0 spiro atoms. The summed E-state index contributed by atoms with van der Waals surface area (Å²) in [6.45, 7) is 4.75. The summed E-state index contributed by atoms with van der Waals surface area (Å²) in [6, 6.07) is 5.78. The lowest BCUT2D eigenvalue weighted by Gasteiger charge is -2.18. The van der Waals surface area contributed by atoms with Crippen molar-refractivity contribution in [1.82, 2.24) is 9.88 Å². The highest BCUT2D eigenvalue weighted by molar-refractivity contribution is 5.72. The van der Waals surface area contributed by atoms with Crippen LogP contribution in [0.15, 0.2) is 27.4 Å². The van der Waals surface area contributed by atoms with Crippen molar-refractivity contribution in [3.05, 3.63) is 34.3 Å². The number of hydrogen-bond acceptors (Lipinski definition) is 4. The fraction of sp³-hybridized carbons (Fsp3) is 0.500. The molecule has 0 aliphatic rings. The second kappa shape index (κ2) is 6.04. The Morgan fingerprint density at radius 1 is 1.47 bits per heavy atom. The van der Waals surface area contributed by atoms with E-state index < -0.39 is 5.76 Å². The van der Waals surface area contributed by atoms with E-state index in [1.165, 1.54) is 0 Å². The van der Waals surface area contributed by atoms with E-state index in [1.807, 2.05) is 18.2 Å². The summed E-state index contributed by atoms with van der Waals surface area (Å²) in [5, 5.41) is 0. The van der Waals surface area contributed by atoms with Gasteiger partial charge in [0, 0.05) is 6.54 Å². The zero-order valence-corrected chi connectivity index (χ0v) is 11.5. The van der Waals surface area contributed by atoms with Crippen molar-refractivity contribution in [2.75, 3.05) is 20.1 Å². The van der Waals surface area contributed by atoms with E-state index in [0.29, 0.717) is 11.5 Å². The maximum Gasteiger partial charge on any atom is 0.417 e. The number of H-pyrrole nitrogens is 1. The Morgan fingerprint density at radius 3 is 3.00 bits per heavy atom. The van der Waals surface area contributed by atoms with Crippen LogP contribution in [0, 0.1) is 5.92 Å². The van der Waals surface area contributed by atoms with Crippen LogP contribution in [-0.2, 0) is 6.54 Å². The van der Waals surface area contributed by atoms with Gasteiger partial charge in [0.25, 0.3) is 0 Å². The van der Waals surface area contributed by atoms with E-state index in [2.05, 4.69) is 23.9 Å². The SMILES string of the molecule is CC(CN)CCN(C)Cc1ccc2oc(=O)[nH]c2c1. The molecule has 0 amide bonds. The summed E-state index contributed by atoms with van der Waals surface area (Å²) in [7, 11) is 2.09. The summed E-state index contributed by atoms with van der Waals surface area (Å²) in [5.74, 6) is 0.146. The number of fused-ring (bicyclic) bond motifs is 1. The molecule has 0 fully saturated rings. The Hall–Kier alpha value is -1.59. The van der Waals surface area contributed by atoms with E-state index in [-0.39, 0.29) is 0 Å². The van der Waals surface area contributed by atoms with Gasteiger partial charge in [0.05, 0.1) is 5.52 Å². The zero-order valence-electron chi connectivity index (χ0n) is 11.5. The topological polar surface area (TPSA) is 75.3 Å². The maximum atomic E-state index is 11.1. The average Bonchev–Trinajstić information content (AvgIpc) is 2.75. The maximum absolute atomic E-state index is 11.1. The molecule has 0 radical (unpaired) electrons. The van der Waals surface area contributed by atoms with Crippen LogP contribution >= 0.6 is 0 Å². The number of hydrogen-bond donors (Lipinski definition) is 2. The number of oxazole rings is 1. The third kappa shape index (κ3) is 3.68. The predicted octanol–water partition coefficient (Wildman–Crippen LogP) is 1.54. The molecule has 1 atom stereocenters. The van der Waals surface area contributed by atoms with Crippen LogP contribution in [-0.4, -0.2) is 30.0 Å². The highest BCUT2D eigenvalue weighted by Crippen LogP contribution is 2.14. The van der Waals surface area contributed by atoms with E-state index in [1.54, 1.807) is 0 Å². The van der Waals surface area contributed by atoms with Crippen molar-refractivity contribution in [2.24, 2.45) is 11.7 Å². The van der Waals surface area contributed by atoms with Crippen LogP contribution in [0.25, 0.3) is 11.1 Å². The minimum atomic E-state index is -0.405. The molecule has 5 heteroatoms. The molecule has 3 N–H and O–H groups in total. The zero-order chi connectivity index (χ0) is 13.8. The van der Waals surface area contributed by atoms with Gasteiger partial charge in [-0.1, -0.05) is 13.0 Å². The molecule has 1 aromatic heterocycles. The molecule has 1 unspecified atom stereocenters. The molecule has 0 saturated carbocycles. The van der Waals surface area contributed by atoms with Crippen molar-refractivity contribution in [1.29, 1.82) is 0 Å². The molecule has 19 heavy (non-hydrogen) atoms. The van der Waals surface area contributed by atoms with E-state index in [4.69, 9.17) is 10.2 Å². The molecule has 1 heterocycles. The molecule has 0 aliphatic carbocycles. The fourth-order valence-electron chi connectivity index (χ4n) is 2.05. The number of benzene rings is 1. The molecule has 104 valence electrons. The van der Waals surface area contributed by atoms with E-state index in [9.17, 15) is 4.79 Å². The number of aromatic nitrogens is 1. The third-order valence-corrected chi connectivity index (χ3v) is 3.34. The average molecular weight is 263 g/mol. The summed E-state index contributed by atoms with van der Waals surface area (Å²) in [5.41, 5.74) is 8.13. The quantitative estimate of drug-likeness (QED) is 0.829. The van der Waals surface area contributed by atoms with E-state index in [0.717, 1.165) is 37.1 Å². The van der Waals surface area contributed by atoms with Crippen LogP contribution in [0.2, 0.25) is 0 Å². The van der Waals surface area contributed by atoms with Gasteiger partial charge in [-0.25, -0.2) is 4.79 Å². The molecule has 0 aliphatic heterocycles. The van der Waals surface area contributed by atoms with Gasteiger partial charge in [0.15, 0.2) is 5.58 Å². The largest absolute Gasteiger partial charge is 0.417 e. The number of nitrogens with one attached hydrogen (secondary N) is 1. The van der Waals surface area contributed by atoms with Crippen LogP contribution in [0.1, 0.15) is 18.9 Å². The summed E-state index contributed by atoms with van der Waals surface area (Å²) in [6.07, 6.45) is 1.10. The summed E-state index contributed by atoms with van der Waals surface area (Å²) in [4.78, 5) is 16.0. The Bertz CT molecular complexity index is 588. The monoisotopic (exact) mass is 263 g/mol. The van der Waals surface area contributed by atoms with Crippen LogP contribution < -0.4 is 11.5 Å². The van der Waals surface area contributed by atoms with Gasteiger partial charge >= 0.3 is 5.76 Å². The Morgan fingerprint density at radius 2 is 2.26 bits per heavy atom. The molecule has 2 rings (SSSR count). The first kappa shape index (κ1) is 13.8. The lowest BCUT2D eigenvalue weighted by Crippen LogP contribution is -2.23. The van der Waals surface area contributed by atoms with Crippen molar-refractivity contribution in [2.45, 2.75) is 19.9 Å². The predicted molar refractivity (Wildman–Crippen MR) is 76.0 cm³/mol. The molecule has 1 aromatic carbocycles. The second-order valence-corrected chi connectivity index (χ2v) is 5.21. The smallest absolute Gasteiger partial charge is 0.408 e. The highest BCUT2D eigenvalue weighted by Gasteiger charge is 2.06. The minimum absolute atomic E-state index is 0.405. The van der Waals surface area contributed by atoms with Crippen molar-refractivity contribution < 1.29 is 4.42 Å². The molecular formula is C14H21N3O2. The molecular weight excluding hydrogens is 242 g/mol. The highest BCUT2D eigenvalue weighted by atomic mass is 16.4. The number of nitrogens with zero attached hydrogens (tertiary/aromatic N) is 1. The first-order chi connectivity index (χ1) is 9.08. The van der Waals surface area contributed by atoms with Gasteiger partial charge in [0.1, 0.15) is 0 Å². The molecule has 0 bridgehead atoms. The summed E-state index contributed by atoms with van der Waals surface area (Å²) < 4.78 is 4.98. The molecule has 2 aromatic rings. The van der Waals surface area contributed by atoms with Gasteiger partial charge in [-0.2, -0.15) is 0 Å². The first-order valence-corrected chi connectivity index (χ1v) is 6.59. The number of aromatic amines is 1. The van der Waals surface area contributed by atoms with E-state index >= 15 is 0 Å². The fourth-order valence-corrected chi connectivity index (χ4v) is 2.05. The molecule has 0 saturated heterocycles. The lowest BCUT2D eigenvalue weighted by atomic mass is 10.1. The van der Waals surface area contributed by atoms with Gasteiger partial charge in [-0.15, -0.1) is 0 Å². The minimum Gasteiger partial charge on any atom is -0.408 e. The van der Waals surface area contributed by atoms with Crippen LogP contribution in [0.5, 0.6) is 0 Å². The number of nitrogens with two attached hydrogens (primary N) is 1. The Kier molecular flexibility index (Phi) is 4.39. The number of rotatable bonds is 6. The normalized spacial score (nSPS) is 13.3. The second-order valence-electron chi connectivity index (χ2n) is 5.21. The van der Waals surface area contributed by atoms with Crippen molar-refractivity contribution >= 4 is 11.1 Å². The van der Waals surface area contributed by atoms with Crippen LogP contribution in [0.4, 0.5) is 0 Å². The Labute approximate surface area is 112 Å². The van der Waals surface area contributed by atoms with Gasteiger partial charge in [-0.05, 0) is 50.2 Å². The van der Waals surface area contributed by atoms with Gasteiger partial charge in [-0.3, -0.25) is 4.98 Å². The van der Waals surface area contributed by atoms with Gasteiger partial charge in [0.2, 0.25) is 0 Å². The lowest BCUT2D eigenvalue weighted by molar-refractivity contribution is 0.300. The van der Waals surface area contributed by atoms with Gasteiger partial charge < -0.3 is 15.1 Å². The first-order valence-electron chi connectivity index (χ1n) is 6.59.